The molecule has 2 aromatic rings. The summed E-state index contributed by atoms with van der Waals surface area (Å²) in [5.74, 6) is -1.71. The predicted molar refractivity (Wildman–Crippen MR) is 64.9 cm³/mol. The highest BCUT2D eigenvalue weighted by Crippen LogP contribution is 2.19. The molecule has 0 aliphatic heterocycles. The van der Waals surface area contributed by atoms with Gasteiger partial charge in [0.05, 0.1) is 10.4 Å². The fourth-order valence-electron chi connectivity index (χ4n) is 1.63. The molecule has 0 radical (unpaired) electrons. The van der Waals surface area contributed by atoms with Gasteiger partial charge in [-0.15, -0.1) is 0 Å². The number of hydrogen-bond donors (Lipinski definition) is 2. The molecule has 10 nitrogen and oxygen atoms in total. The average molecular weight is 280 g/mol. The summed E-state index contributed by atoms with van der Waals surface area (Å²) in [4.78, 5) is 43.5. The van der Waals surface area contributed by atoms with Gasteiger partial charge >= 0.3 is 11.8 Å². The minimum absolute atomic E-state index is 0.0730. The zero-order chi connectivity index (χ0) is 14.9. The Morgan fingerprint density at radius 2 is 2.15 bits per heavy atom. The highest BCUT2D eigenvalue weighted by atomic mass is 16.6. The number of aromatic nitrogens is 1. The minimum atomic E-state index is -1.07. The SMILES string of the molecule is NC(=O)NC(=O)Cn1c(=O)oc2ccc([N+](=O)[O-])cc21. The molecule has 0 fully saturated rings. The van der Waals surface area contributed by atoms with E-state index in [1.165, 1.54) is 12.1 Å². The second-order valence-corrected chi connectivity index (χ2v) is 3.78. The first kappa shape index (κ1) is 13.3. The first-order valence-corrected chi connectivity index (χ1v) is 5.25. The van der Waals surface area contributed by atoms with Gasteiger partial charge < -0.3 is 10.2 Å². The maximum atomic E-state index is 11.6. The number of urea groups is 1. The molecule has 0 spiro atoms. The summed E-state index contributed by atoms with van der Waals surface area (Å²) < 4.78 is 5.69. The van der Waals surface area contributed by atoms with E-state index >= 15 is 0 Å². The lowest BCUT2D eigenvalue weighted by Gasteiger charge is -2.01. The van der Waals surface area contributed by atoms with E-state index in [1.54, 1.807) is 5.32 Å². The zero-order valence-corrected chi connectivity index (χ0v) is 9.86. The third-order valence-corrected chi connectivity index (χ3v) is 2.43. The number of benzene rings is 1. The number of non-ortho nitro benzene ring substituents is 1. The van der Waals surface area contributed by atoms with Gasteiger partial charge in [0.15, 0.2) is 5.58 Å². The Balaban J connectivity index is 2.46. The van der Waals surface area contributed by atoms with E-state index in [-0.39, 0.29) is 16.8 Å². The Labute approximate surface area is 109 Å². The number of imide groups is 1. The van der Waals surface area contributed by atoms with Crippen LogP contribution in [-0.4, -0.2) is 21.4 Å². The molecule has 20 heavy (non-hydrogen) atoms. The van der Waals surface area contributed by atoms with E-state index in [0.717, 1.165) is 10.6 Å². The second-order valence-electron chi connectivity index (χ2n) is 3.78. The first-order chi connectivity index (χ1) is 9.38. The number of nitro benzene ring substituents is 1. The van der Waals surface area contributed by atoms with Crippen molar-refractivity contribution in [3.63, 3.8) is 0 Å². The van der Waals surface area contributed by atoms with Crippen LogP contribution < -0.4 is 16.8 Å². The summed E-state index contributed by atoms with van der Waals surface area (Å²) in [6.45, 7) is -0.546. The number of nitrogens with zero attached hydrogens (tertiary/aromatic N) is 2. The summed E-state index contributed by atoms with van der Waals surface area (Å²) >= 11 is 0. The molecule has 3 amide bonds. The Kier molecular flexibility index (Phi) is 3.21. The van der Waals surface area contributed by atoms with E-state index in [4.69, 9.17) is 10.2 Å². The van der Waals surface area contributed by atoms with Crippen LogP contribution in [0.2, 0.25) is 0 Å². The van der Waals surface area contributed by atoms with Crippen LogP contribution in [0, 0.1) is 10.1 Å². The van der Waals surface area contributed by atoms with Gasteiger partial charge in [-0.1, -0.05) is 0 Å². The number of fused-ring (bicyclic) bond motifs is 1. The van der Waals surface area contributed by atoms with Crippen LogP contribution in [0.3, 0.4) is 0 Å². The summed E-state index contributed by atoms with van der Waals surface area (Å²) in [5, 5.41) is 12.5. The minimum Gasteiger partial charge on any atom is -0.408 e. The molecule has 1 heterocycles. The van der Waals surface area contributed by atoms with Crippen molar-refractivity contribution in [3.8, 4) is 0 Å². The molecule has 0 bridgehead atoms. The van der Waals surface area contributed by atoms with Gasteiger partial charge in [-0.05, 0) is 6.07 Å². The van der Waals surface area contributed by atoms with E-state index in [2.05, 4.69) is 0 Å². The number of rotatable bonds is 3. The van der Waals surface area contributed by atoms with Gasteiger partial charge in [-0.2, -0.15) is 0 Å². The summed E-state index contributed by atoms with van der Waals surface area (Å²) in [5.41, 5.74) is 4.67. The molecule has 0 atom stereocenters. The Bertz CT molecular complexity index is 774. The molecule has 0 aliphatic rings. The molecule has 1 aromatic heterocycles. The fraction of sp³-hybridized carbons (Fsp3) is 0.100. The third kappa shape index (κ3) is 2.48. The molecule has 0 saturated heterocycles. The molecular weight excluding hydrogens is 272 g/mol. The van der Waals surface area contributed by atoms with Crippen LogP contribution in [0.15, 0.2) is 27.4 Å². The molecule has 0 aliphatic carbocycles. The predicted octanol–water partition coefficient (Wildman–Crippen LogP) is -0.302. The zero-order valence-electron chi connectivity index (χ0n) is 9.86. The highest BCUT2D eigenvalue weighted by molar-refractivity contribution is 5.93. The molecule has 1 aromatic carbocycles. The number of primary amides is 1. The smallest absolute Gasteiger partial charge is 0.408 e. The number of hydrogen-bond acceptors (Lipinski definition) is 6. The molecule has 2 rings (SSSR count). The van der Waals surface area contributed by atoms with Gasteiger partial charge in [0.2, 0.25) is 5.91 Å². The molecule has 0 saturated carbocycles. The molecule has 3 N–H and O–H groups in total. The lowest BCUT2D eigenvalue weighted by Crippen LogP contribution is -2.38. The number of carbonyl (C=O) groups excluding carboxylic acids is 2. The van der Waals surface area contributed by atoms with Crippen molar-refractivity contribution in [2.24, 2.45) is 5.73 Å². The largest absolute Gasteiger partial charge is 0.420 e. The molecule has 104 valence electrons. The van der Waals surface area contributed by atoms with Gasteiger partial charge in [-0.25, -0.2) is 9.59 Å². The maximum absolute atomic E-state index is 11.6. The summed E-state index contributed by atoms with van der Waals surface area (Å²) in [6, 6.07) is 2.44. The second kappa shape index (κ2) is 4.84. The van der Waals surface area contributed by atoms with Crippen LogP contribution in [0.5, 0.6) is 0 Å². The topological polar surface area (TPSA) is 150 Å². The van der Waals surface area contributed by atoms with Crippen molar-refractivity contribution >= 4 is 28.7 Å². The Hall–Kier alpha value is -3.17. The van der Waals surface area contributed by atoms with Gasteiger partial charge in [0, 0.05) is 12.1 Å². The van der Waals surface area contributed by atoms with Gasteiger partial charge in [0.1, 0.15) is 6.54 Å². The lowest BCUT2D eigenvalue weighted by atomic mass is 10.3. The summed E-state index contributed by atoms with van der Waals surface area (Å²) in [7, 11) is 0. The molecule has 0 unspecified atom stereocenters. The van der Waals surface area contributed by atoms with Crippen LogP contribution >= 0.6 is 0 Å². The van der Waals surface area contributed by atoms with Crippen LogP contribution in [0.25, 0.3) is 11.1 Å². The van der Waals surface area contributed by atoms with Crippen molar-refractivity contribution in [2.75, 3.05) is 0 Å². The standard InChI is InChI=1S/C10H8N4O6/c11-9(16)12-8(15)4-13-6-3-5(14(18)19)1-2-7(6)20-10(13)17/h1-3H,4H2,(H3,11,12,15,16). The summed E-state index contributed by atoms with van der Waals surface area (Å²) in [6.07, 6.45) is 0. The van der Waals surface area contributed by atoms with Crippen molar-refractivity contribution in [1.29, 1.82) is 0 Å². The van der Waals surface area contributed by atoms with Crippen molar-refractivity contribution < 1.29 is 18.9 Å². The van der Waals surface area contributed by atoms with E-state index < -0.39 is 29.2 Å². The lowest BCUT2D eigenvalue weighted by molar-refractivity contribution is -0.384. The quantitative estimate of drug-likeness (QED) is 0.581. The number of nitrogens with one attached hydrogen (secondary N) is 1. The van der Waals surface area contributed by atoms with E-state index in [0.29, 0.717) is 0 Å². The third-order valence-electron chi connectivity index (χ3n) is 2.43. The van der Waals surface area contributed by atoms with Crippen molar-refractivity contribution in [3.05, 3.63) is 38.9 Å². The normalized spacial score (nSPS) is 10.4. The van der Waals surface area contributed by atoms with Crippen LogP contribution in [-0.2, 0) is 11.3 Å². The van der Waals surface area contributed by atoms with E-state index in [1.807, 2.05) is 0 Å². The number of carbonyl (C=O) groups is 2. The number of nitro groups is 1. The molecule has 10 heteroatoms. The van der Waals surface area contributed by atoms with E-state index in [9.17, 15) is 24.5 Å². The maximum Gasteiger partial charge on any atom is 0.420 e. The monoisotopic (exact) mass is 280 g/mol. The van der Waals surface area contributed by atoms with Gasteiger partial charge in [0.25, 0.3) is 5.69 Å². The van der Waals surface area contributed by atoms with Crippen molar-refractivity contribution in [1.82, 2.24) is 9.88 Å². The number of nitrogens with two attached hydrogens (primary N) is 1. The Morgan fingerprint density at radius 1 is 1.45 bits per heavy atom. The van der Waals surface area contributed by atoms with Crippen LogP contribution in [0.4, 0.5) is 10.5 Å². The number of oxazole rings is 1. The molecular formula is C10H8N4O6. The van der Waals surface area contributed by atoms with Crippen molar-refractivity contribution in [2.45, 2.75) is 6.54 Å². The number of amides is 3. The fourth-order valence-corrected chi connectivity index (χ4v) is 1.63. The Morgan fingerprint density at radius 3 is 2.75 bits per heavy atom. The average Bonchev–Trinajstić information content (AvgIpc) is 2.64. The highest BCUT2D eigenvalue weighted by Gasteiger charge is 2.16. The van der Waals surface area contributed by atoms with Crippen LogP contribution in [0.1, 0.15) is 0 Å². The first-order valence-electron chi connectivity index (χ1n) is 5.25. The van der Waals surface area contributed by atoms with Gasteiger partial charge in [-0.3, -0.25) is 24.8 Å².